The molecule has 3 heterocycles. The van der Waals surface area contributed by atoms with E-state index in [2.05, 4.69) is 20.6 Å². The van der Waals surface area contributed by atoms with Crippen LogP contribution < -0.4 is 11.1 Å². The van der Waals surface area contributed by atoms with Gasteiger partial charge in [0.25, 0.3) is 5.91 Å². The summed E-state index contributed by atoms with van der Waals surface area (Å²) in [6, 6.07) is 15.4. The van der Waals surface area contributed by atoms with Gasteiger partial charge in [0.15, 0.2) is 5.69 Å². The van der Waals surface area contributed by atoms with Gasteiger partial charge in [0.1, 0.15) is 0 Å². The van der Waals surface area contributed by atoms with Crippen molar-refractivity contribution >= 4 is 28.6 Å². The van der Waals surface area contributed by atoms with Crippen molar-refractivity contribution in [2.75, 3.05) is 11.1 Å². The lowest BCUT2D eigenvalue weighted by atomic mass is 10.1. The highest BCUT2D eigenvalue weighted by Gasteiger charge is 2.13. The van der Waals surface area contributed by atoms with Crippen LogP contribution in [-0.2, 0) is 13.0 Å². The molecule has 0 radical (unpaired) electrons. The number of pyridine rings is 1. The van der Waals surface area contributed by atoms with Gasteiger partial charge in [0.2, 0.25) is 0 Å². The SMILES string of the molecule is Nc1ccc(-c2cccs2)cc1NC(=O)c1cn(CCc2ccccn2)nn1. The lowest BCUT2D eigenvalue weighted by Gasteiger charge is -2.08. The van der Waals surface area contributed by atoms with Gasteiger partial charge >= 0.3 is 0 Å². The molecule has 0 unspecified atom stereocenters. The first-order valence-corrected chi connectivity index (χ1v) is 9.62. The molecular weight excluding hydrogens is 372 g/mol. The van der Waals surface area contributed by atoms with E-state index >= 15 is 0 Å². The molecule has 3 N–H and O–H groups in total. The first kappa shape index (κ1) is 17.9. The Labute approximate surface area is 165 Å². The molecule has 0 aliphatic heterocycles. The van der Waals surface area contributed by atoms with Crippen molar-refractivity contribution < 1.29 is 4.79 Å². The van der Waals surface area contributed by atoms with Crippen LogP contribution in [0.2, 0.25) is 0 Å². The van der Waals surface area contributed by atoms with Crippen molar-refractivity contribution in [2.45, 2.75) is 13.0 Å². The van der Waals surface area contributed by atoms with Crippen molar-refractivity contribution in [3.63, 3.8) is 0 Å². The maximum atomic E-state index is 12.6. The molecule has 0 spiro atoms. The fourth-order valence-electron chi connectivity index (χ4n) is 2.73. The second-order valence-corrected chi connectivity index (χ2v) is 7.12. The number of aromatic nitrogens is 4. The summed E-state index contributed by atoms with van der Waals surface area (Å²) in [5.41, 5.74) is 9.27. The zero-order valence-corrected chi connectivity index (χ0v) is 15.8. The second kappa shape index (κ2) is 8.01. The number of carbonyl (C=O) groups excluding carboxylic acids is 1. The number of nitrogens with two attached hydrogens (primary N) is 1. The highest BCUT2D eigenvalue weighted by Crippen LogP contribution is 2.30. The van der Waals surface area contributed by atoms with Gasteiger partial charge in [-0.3, -0.25) is 14.5 Å². The van der Waals surface area contributed by atoms with E-state index in [0.717, 1.165) is 16.1 Å². The molecule has 1 aromatic carbocycles. The van der Waals surface area contributed by atoms with E-state index in [-0.39, 0.29) is 11.6 Å². The summed E-state index contributed by atoms with van der Waals surface area (Å²) in [6.07, 6.45) is 4.09. The Morgan fingerprint density at radius 3 is 2.89 bits per heavy atom. The van der Waals surface area contributed by atoms with E-state index in [0.29, 0.717) is 24.3 Å². The average Bonchev–Trinajstić information content (AvgIpc) is 3.41. The largest absolute Gasteiger partial charge is 0.397 e. The number of amides is 1. The van der Waals surface area contributed by atoms with E-state index < -0.39 is 0 Å². The first-order valence-electron chi connectivity index (χ1n) is 8.74. The van der Waals surface area contributed by atoms with Crippen LogP contribution in [0, 0.1) is 0 Å². The van der Waals surface area contributed by atoms with Gasteiger partial charge in [0.05, 0.1) is 17.6 Å². The molecule has 0 atom stereocenters. The quantitative estimate of drug-likeness (QED) is 0.491. The fraction of sp³-hybridized carbons (Fsp3) is 0.100. The zero-order valence-electron chi connectivity index (χ0n) is 14.9. The van der Waals surface area contributed by atoms with Gasteiger partial charge in [-0.15, -0.1) is 16.4 Å². The number of hydrogen-bond acceptors (Lipinski definition) is 6. The number of nitrogens with one attached hydrogen (secondary N) is 1. The Kier molecular flexibility index (Phi) is 5.11. The molecule has 28 heavy (non-hydrogen) atoms. The van der Waals surface area contributed by atoms with Gasteiger partial charge in [0, 0.05) is 29.7 Å². The number of nitrogens with zero attached hydrogens (tertiary/aromatic N) is 4. The molecule has 0 fully saturated rings. The summed E-state index contributed by atoms with van der Waals surface area (Å²) < 4.78 is 1.63. The standard InChI is InChI=1S/C20H18N6OS/c21-16-7-6-14(19-5-3-11-28-19)12-17(16)23-20(27)18-13-26(25-24-18)10-8-15-4-1-2-9-22-15/h1-7,9,11-13H,8,10,21H2,(H,23,27). The predicted molar refractivity (Wildman–Crippen MR) is 110 cm³/mol. The molecule has 140 valence electrons. The minimum atomic E-state index is -0.348. The van der Waals surface area contributed by atoms with E-state index in [4.69, 9.17) is 5.73 Å². The molecule has 0 aliphatic rings. The van der Waals surface area contributed by atoms with E-state index in [1.54, 1.807) is 34.5 Å². The minimum absolute atomic E-state index is 0.238. The Morgan fingerprint density at radius 1 is 1.18 bits per heavy atom. The summed E-state index contributed by atoms with van der Waals surface area (Å²) in [5, 5.41) is 12.8. The molecule has 0 saturated heterocycles. The van der Waals surface area contributed by atoms with Gasteiger partial charge < -0.3 is 11.1 Å². The molecule has 4 aromatic rings. The molecule has 0 bridgehead atoms. The number of benzene rings is 1. The normalized spacial score (nSPS) is 10.7. The lowest BCUT2D eigenvalue weighted by Crippen LogP contribution is -2.13. The van der Waals surface area contributed by atoms with Crippen LogP contribution in [0.3, 0.4) is 0 Å². The molecule has 7 nitrogen and oxygen atoms in total. The van der Waals surface area contributed by atoms with Gasteiger partial charge in [-0.2, -0.15) is 0 Å². The van der Waals surface area contributed by atoms with Gasteiger partial charge in [-0.05, 0) is 41.3 Å². The highest BCUT2D eigenvalue weighted by atomic mass is 32.1. The molecular formula is C20H18N6OS. The van der Waals surface area contributed by atoms with Crippen molar-refractivity contribution in [3.05, 3.63) is 77.7 Å². The van der Waals surface area contributed by atoms with E-state index in [1.165, 1.54) is 0 Å². The fourth-order valence-corrected chi connectivity index (χ4v) is 3.46. The summed E-state index contributed by atoms with van der Waals surface area (Å²) >= 11 is 1.63. The molecule has 1 amide bonds. The summed E-state index contributed by atoms with van der Waals surface area (Å²) in [6.45, 7) is 0.591. The highest BCUT2D eigenvalue weighted by molar-refractivity contribution is 7.13. The number of thiophene rings is 1. The molecule has 0 saturated carbocycles. The first-order chi connectivity index (χ1) is 13.7. The summed E-state index contributed by atoms with van der Waals surface area (Å²) in [7, 11) is 0. The van der Waals surface area contributed by atoms with E-state index in [1.807, 2.05) is 47.8 Å². The van der Waals surface area contributed by atoms with Crippen molar-refractivity contribution in [2.24, 2.45) is 0 Å². The third-order valence-corrected chi connectivity index (χ3v) is 5.12. The minimum Gasteiger partial charge on any atom is -0.397 e. The second-order valence-electron chi connectivity index (χ2n) is 6.17. The molecule has 0 aliphatic carbocycles. The Balaban J connectivity index is 1.44. The van der Waals surface area contributed by atoms with E-state index in [9.17, 15) is 4.79 Å². The third kappa shape index (κ3) is 4.07. The number of hydrogen-bond donors (Lipinski definition) is 2. The van der Waals surface area contributed by atoms with Crippen LogP contribution in [-0.4, -0.2) is 25.9 Å². The van der Waals surface area contributed by atoms with Crippen LogP contribution in [0.4, 0.5) is 11.4 Å². The third-order valence-electron chi connectivity index (χ3n) is 4.20. The van der Waals surface area contributed by atoms with Crippen LogP contribution in [0.5, 0.6) is 0 Å². The maximum absolute atomic E-state index is 12.6. The number of aryl methyl sites for hydroxylation is 2. The average molecular weight is 390 g/mol. The van der Waals surface area contributed by atoms with Crippen molar-refractivity contribution in [1.82, 2.24) is 20.0 Å². The molecule has 4 rings (SSSR count). The maximum Gasteiger partial charge on any atom is 0.277 e. The smallest absolute Gasteiger partial charge is 0.277 e. The topological polar surface area (TPSA) is 98.7 Å². The Bertz CT molecular complexity index is 1080. The van der Waals surface area contributed by atoms with Crippen LogP contribution in [0.15, 0.2) is 66.3 Å². The number of carbonyl (C=O) groups is 1. The lowest BCUT2D eigenvalue weighted by molar-refractivity contribution is 0.102. The Hall–Kier alpha value is -3.52. The van der Waals surface area contributed by atoms with Crippen LogP contribution >= 0.6 is 11.3 Å². The van der Waals surface area contributed by atoms with Gasteiger partial charge in [-0.1, -0.05) is 23.4 Å². The number of rotatable bonds is 6. The Morgan fingerprint density at radius 2 is 2.11 bits per heavy atom. The zero-order chi connectivity index (χ0) is 19.3. The molecule has 8 heteroatoms. The van der Waals surface area contributed by atoms with Crippen LogP contribution in [0.25, 0.3) is 10.4 Å². The van der Waals surface area contributed by atoms with Crippen LogP contribution in [0.1, 0.15) is 16.2 Å². The van der Waals surface area contributed by atoms with Gasteiger partial charge in [-0.25, -0.2) is 0 Å². The monoisotopic (exact) mass is 390 g/mol. The van der Waals surface area contributed by atoms with Crippen molar-refractivity contribution in [1.29, 1.82) is 0 Å². The predicted octanol–water partition coefficient (Wildman–Crippen LogP) is 3.48. The van der Waals surface area contributed by atoms with Crippen molar-refractivity contribution in [3.8, 4) is 10.4 Å². The summed E-state index contributed by atoms with van der Waals surface area (Å²) in [5.74, 6) is -0.348. The number of nitrogen functional groups attached to an aromatic ring is 1. The number of anilines is 2. The summed E-state index contributed by atoms with van der Waals surface area (Å²) in [4.78, 5) is 17.9. The molecule has 3 aromatic heterocycles.